The Labute approximate surface area is 118 Å². The highest BCUT2D eigenvalue weighted by Gasteiger charge is 2.72. The summed E-state index contributed by atoms with van der Waals surface area (Å²) in [5, 5.41) is 0. The molecule has 112 valence electrons. The summed E-state index contributed by atoms with van der Waals surface area (Å²) in [6, 6.07) is 0. The van der Waals surface area contributed by atoms with Gasteiger partial charge in [-0.25, -0.2) is 0 Å². The number of carbonyl (C=O) groups is 1. The van der Waals surface area contributed by atoms with E-state index in [4.69, 9.17) is 9.29 Å². The first-order valence-corrected chi connectivity index (χ1v) is 9.08. The van der Waals surface area contributed by atoms with Gasteiger partial charge in [-0.05, 0) is 61.7 Å². The van der Waals surface area contributed by atoms with E-state index in [1.807, 2.05) is 0 Å². The summed E-state index contributed by atoms with van der Waals surface area (Å²) in [7, 11) is -4.09. The van der Waals surface area contributed by atoms with Crippen LogP contribution in [0.2, 0.25) is 0 Å². The molecule has 0 heterocycles. The molecule has 6 heteroatoms. The highest BCUT2D eigenvalue weighted by molar-refractivity contribution is 7.85. The fourth-order valence-electron chi connectivity index (χ4n) is 5.90. The number of hydrogen-bond donors (Lipinski definition) is 1. The summed E-state index contributed by atoms with van der Waals surface area (Å²) in [6.45, 7) is 0. The van der Waals surface area contributed by atoms with Crippen LogP contribution in [0.3, 0.4) is 0 Å². The molecule has 4 rings (SSSR count). The van der Waals surface area contributed by atoms with Crippen LogP contribution in [-0.4, -0.2) is 30.3 Å². The van der Waals surface area contributed by atoms with Gasteiger partial charge in [-0.2, -0.15) is 8.42 Å². The molecule has 5 nitrogen and oxygen atoms in total. The van der Waals surface area contributed by atoms with E-state index in [-0.39, 0.29) is 12.0 Å². The topological polar surface area (TPSA) is 80.7 Å². The minimum atomic E-state index is -4.09. The van der Waals surface area contributed by atoms with Gasteiger partial charge in [0.25, 0.3) is 10.1 Å². The van der Waals surface area contributed by atoms with Gasteiger partial charge < -0.3 is 4.74 Å². The second-order valence-electron chi connectivity index (χ2n) is 7.45. The lowest BCUT2D eigenvalue weighted by Gasteiger charge is -2.49. The Kier molecular flexibility index (Phi) is 2.46. The van der Waals surface area contributed by atoms with Crippen molar-refractivity contribution in [3.05, 3.63) is 0 Å². The van der Waals surface area contributed by atoms with E-state index < -0.39 is 21.8 Å². The third-order valence-corrected chi connectivity index (χ3v) is 7.03. The summed E-state index contributed by atoms with van der Waals surface area (Å²) in [5.41, 5.74) is 0.126. The molecule has 0 aromatic carbocycles. The average Bonchev–Trinajstić information content (AvgIpc) is 2.62. The van der Waals surface area contributed by atoms with Crippen molar-refractivity contribution in [1.82, 2.24) is 0 Å². The van der Waals surface area contributed by atoms with Crippen LogP contribution >= 0.6 is 0 Å². The molecule has 1 N–H and O–H groups in total. The number of esters is 1. The van der Waals surface area contributed by atoms with Crippen molar-refractivity contribution in [1.29, 1.82) is 0 Å². The fourth-order valence-corrected chi connectivity index (χ4v) is 6.33. The summed E-state index contributed by atoms with van der Waals surface area (Å²) < 4.78 is 35.8. The molecule has 0 radical (unpaired) electrons. The first-order chi connectivity index (χ1) is 9.30. The van der Waals surface area contributed by atoms with Gasteiger partial charge in [0.2, 0.25) is 0 Å². The Hall–Kier alpha value is -0.620. The van der Waals surface area contributed by atoms with Crippen LogP contribution in [0.4, 0.5) is 0 Å². The Morgan fingerprint density at radius 2 is 2.00 bits per heavy atom. The van der Waals surface area contributed by atoms with Gasteiger partial charge >= 0.3 is 5.97 Å². The second kappa shape index (κ2) is 3.77. The van der Waals surface area contributed by atoms with Crippen LogP contribution in [0, 0.1) is 23.2 Å². The summed E-state index contributed by atoms with van der Waals surface area (Å²) in [5.74, 6) is 1.24. The molecule has 4 saturated carbocycles. The number of carbonyl (C=O) groups excluding carboxylic acids is 1. The van der Waals surface area contributed by atoms with Crippen molar-refractivity contribution in [3.63, 3.8) is 0 Å². The molecular formula is C14H20O5S. The van der Waals surface area contributed by atoms with Gasteiger partial charge in [0, 0.05) is 0 Å². The first-order valence-electron chi connectivity index (χ1n) is 7.47. The van der Waals surface area contributed by atoms with Crippen molar-refractivity contribution in [2.75, 3.05) is 5.75 Å². The number of fused-ring (bicyclic) bond motifs is 2. The normalized spacial score (nSPS) is 48.0. The van der Waals surface area contributed by atoms with Crippen molar-refractivity contribution in [2.24, 2.45) is 23.2 Å². The van der Waals surface area contributed by atoms with Crippen molar-refractivity contribution >= 4 is 16.1 Å². The van der Waals surface area contributed by atoms with E-state index in [1.54, 1.807) is 0 Å². The van der Waals surface area contributed by atoms with Crippen molar-refractivity contribution < 1.29 is 22.5 Å². The third-order valence-electron chi connectivity index (χ3n) is 6.31. The molecule has 0 amide bonds. The lowest BCUT2D eigenvalue weighted by molar-refractivity contribution is -0.163. The SMILES string of the molecule is O=C(CCS(=O)(=O)O)OC12CC3CC4CC(C1)C4(C3)C2. The molecule has 5 unspecified atom stereocenters. The molecule has 4 aliphatic carbocycles. The van der Waals surface area contributed by atoms with Crippen LogP contribution < -0.4 is 0 Å². The van der Waals surface area contributed by atoms with Gasteiger partial charge in [-0.3, -0.25) is 9.35 Å². The van der Waals surface area contributed by atoms with Gasteiger partial charge in [-0.1, -0.05) is 0 Å². The van der Waals surface area contributed by atoms with Gasteiger partial charge in [0.15, 0.2) is 0 Å². The lowest BCUT2D eigenvalue weighted by Crippen LogP contribution is -2.43. The van der Waals surface area contributed by atoms with E-state index in [0.29, 0.717) is 11.3 Å². The van der Waals surface area contributed by atoms with E-state index >= 15 is 0 Å². The third kappa shape index (κ3) is 1.77. The largest absolute Gasteiger partial charge is 0.459 e. The van der Waals surface area contributed by atoms with Crippen LogP contribution in [0.1, 0.15) is 44.9 Å². The first kappa shape index (κ1) is 13.1. The van der Waals surface area contributed by atoms with E-state index in [1.165, 1.54) is 19.3 Å². The molecule has 1 spiro atoms. The molecule has 3 bridgehead atoms. The van der Waals surface area contributed by atoms with Gasteiger partial charge in [0.05, 0.1) is 12.2 Å². The van der Waals surface area contributed by atoms with Crippen LogP contribution in [0.5, 0.6) is 0 Å². The maximum absolute atomic E-state index is 11.9. The van der Waals surface area contributed by atoms with Crippen LogP contribution in [0.15, 0.2) is 0 Å². The van der Waals surface area contributed by atoms with Gasteiger partial charge in [-0.15, -0.1) is 0 Å². The molecular weight excluding hydrogens is 280 g/mol. The molecule has 0 saturated heterocycles. The predicted octanol–water partition coefficient (Wildman–Crippen LogP) is 1.78. The predicted molar refractivity (Wildman–Crippen MR) is 70.5 cm³/mol. The molecule has 0 aromatic heterocycles. The molecule has 20 heavy (non-hydrogen) atoms. The zero-order valence-electron chi connectivity index (χ0n) is 11.4. The van der Waals surface area contributed by atoms with Crippen molar-refractivity contribution in [3.8, 4) is 0 Å². The monoisotopic (exact) mass is 300 g/mol. The highest BCUT2D eigenvalue weighted by atomic mass is 32.2. The Bertz CT molecular complexity index is 566. The standard InChI is InChI=1S/C14H20O5S/c15-12(1-2-20(16,17)18)19-13-5-9-3-10-4-11(7-13)14(10,6-9)8-13/h9-11H,1-8H2,(H,16,17,18). The van der Waals surface area contributed by atoms with Crippen molar-refractivity contribution in [2.45, 2.75) is 50.5 Å². The summed E-state index contributed by atoms with van der Waals surface area (Å²) in [6.07, 6.45) is 6.57. The Morgan fingerprint density at radius 1 is 1.20 bits per heavy atom. The van der Waals surface area contributed by atoms with E-state index in [2.05, 4.69) is 0 Å². The average molecular weight is 300 g/mol. The summed E-state index contributed by atoms with van der Waals surface area (Å²) in [4.78, 5) is 11.9. The Morgan fingerprint density at radius 3 is 2.75 bits per heavy atom. The minimum absolute atomic E-state index is 0.244. The zero-order valence-corrected chi connectivity index (χ0v) is 12.2. The molecule has 4 fully saturated rings. The number of hydrogen-bond acceptors (Lipinski definition) is 4. The molecule has 0 aliphatic heterocycles. The van der Waals surface area contributed by atoms with Crippen LogP contribution in [-0.2, 0) is 19.6 Å². The maximum atomic E-state index is 11.9. The lowest BCUT2D eigenvalue weighted by atomic mass is 9.56. The Balaban J connectivity index is 1.46. The van der Waals surface area contributed by atoms with E-state index in [9.17, 15) is 13.2 Å². The summed E-state index contributed by atoms with van der Waals surface area (Å²) >= 11 is 0. The molecule has 5 atom stereocenters. The zero-order chi connectivity index (χ0) is 14.2. The molecule has 0 aromatic rings. The second-order valence-corrected chi connectivity index (χ2v) is 9.02. The highest BCUT2D eigenvalue weighted by Crippen LogP contribution is 2.77. The van der Waals surface area contributed by atoms with Gasteiger partial charge in [0.1, 0.15) is 5.60 Å². The quantitative estimate of drug-likeness (QED) is 0.632. The number of ether oxygens (including phenoxy) is 1. The smallest absolute Gasteiger partial charge is 0.307 e. The molecule has 4 aliphatic rings. The van der Waals surface area contributed by atoms with E-state index in [0.717, 1.165) is 31.1 Å². The maximum Gasteiger partial charge on any atom is 0.307 e. The minimum Gasteiger partial charge on any atom is -0.459 e. The number of rotatable bonds is 4. The fraction of sp³-hybridized carbons (Fsp3) is 0.929. The van der Waals surface area contributed by atoms with Crippen LogP contribution in [0.25, 0.3) is 0 Å².